The number of hydrogen-bond acceptors (Lipinski definition) is 4. The van der Waals surface area contributed by atoms with E-state index in [0.717, 1.165) is 30.8 Å². The maximum Gasteiger partial charge on any atom is 0.254 e. The van der Waals surface area contributed by atoms with Gasteiger partial charge in [0.2, 0.25) is 11.9 Å². The van der Waals surface area contributed by atoms with E-state index in [1.807, 2.05) is 0 Å². The van der Waals surface area contributed by atoms with Gasteiger partial charge in [-0.05, 0) is 30.0 Å². The molecular formula is C20H17F3N4O2. The van der Waals surface area contributed by atoms with Gasteiger partial charge in [-0.15, -0.1) is 0 Å². The molecule has 29 heavy (non-hydrogen) atoms. The van der Waals surface area contributed by atoms with Crippen LogP contribution < -0.4 is 5.32 Å². The summed E-state index contributed by atoms with van der Waals surface area (Å²) in [6.45, 7) is 0.125. The standard InChI is InChI=1S/C20H17F3N4O2/c21-12-7-24-18(25-8-12)26-16(28)9-27-10-19(3-4-19)14-5-11(20(23)6-15(20)22)1-2-13(14)17(27)29/h1-2,5,7-8,15H,3-4,6,9-10H2,(H,24,25,26,28)/t15-,20+/m0/s1. The smallest absolute Gasteiger partial charge is 0.254 e. The number of alkyl halides is 2. The highest BCUT2D eigenvalue weighted by Gasteiger charge is 2.59. The number of amides is 2. The van der Waals surface area contributed by atoms with Gasteiger partial charge in [0.1, 0.15) is 12.7 Å². The van der Waals surface area contributed by atoms with Crippen LogP contribution in [0.1, 0.15) is 40.7 Å². The molecule has 6 nitrogen and oxygen atoms in total. The maximum atomic E-state index is 14.5. The molecule has 1 aromatic carbocycles. The molecule has 1 aliphatic heterocycles. The number of carbonyl (C=O) groups is 2. The molecule has 1 N–H and O–H groups in total. The van der Waals surface area contributed by atoms with Crippen LogP contribution in [0, 0.1) is 5.82 Å². The van der Waals surface area contributed by atoms with Crippen molar-refractivity contribution >= 4 is 17.8 Å². The van der Waals surface area contributed by atoms with Crippen molar-refractivity contribution in [1.29, 1.82) is 0 Å². The maximum absolute atomic E-state index is 14.5. The third-order valence-corrected chi connectivity index (χ3v) is 5.95. The van der Waals surface area contributed by atoms with E-state index in [9.17, 15) is 22.8 Å². The van der Waals surface area contributed by atoms with Gasteiger partial charge < -0.3 is 4.90 Å². The Morgan fingerprint density at radius 1 is 1.28 bits per heavy atom. The number of nitrogens with one attached hydrogen (secondary N) is 1. The minimum atomic E-state index is -1.94. The summed E-state index contributed by atoms with van der Waals surface area (Å²) in [5.74, 6) is -1.51. The first-order valence-corrected chi connectivity index (χ1v) is 9.35. The first-order valence-electron chi connectivity index (χ1n) is 9.35. The fraction of sp³-hybridized carbons (Fsp3) is 0.400. The van der Waals surface area contributed by atoms with E-state index < -0.39 is 23.6 Å². The van der Waals surface area contributed by atoms with Crippen LogP contribution in [-0.4, -0.2) is 45.9 Å². The summed E-state index contributed by atoms with van der Waals surface area (Å²) in [6, 6.07) is 4.62. The lowest BCUT2D eigenvalue weighted by Gasteiger charge is -2.34. The number of halogens is 3. The van der Waals surface area contributed by atoms with Crippen LogP contribution in [-0.2, 0) is 15.9 Å². The number of fused-ring (bicyclic) bond motifs is 2. The molecule has 2 amide bonds. The number of nitrogens with zero attached hydrogens (tertiary/aromatic N) is 3. The third kappa shape index (κ3) is 2.95. The molecule has 0 bridgehead atoms. The second-order valence-corrected chi connectivity index (χ2v) is 8.01. The van der Waals surface area contributed by atoms with E-state index in [2.05, 4.69) is 15.3 Å². The number of carbonyl (C=O) groups excluding carboxylic acids is 2. The van der Waals surface area contributed by atoms with E-state index in [4.69, 9.17) is 0 Å². The van der Waals surface area contributed by atoms with Gasteiger partial charge in [0, 0.05) is 23.9 Å². The van der Waals surface area contributed by atoms with Gasteiger partial charge in [-0.25, -0.2) is 23.1 Å². The minimum absolute atomic E-state index is 0.0505. The van der Waals surface area contributed by atoms with Crippen molar-refractivity contribution in [1.82, 2.24) is 14.9 Å². The van der Waals surface area contributed by atoms with Crippen LogP contribution in [0.5, 0.6) is 0 Å². The molecule has 2 atom stereocenters. The van der Waals surface area contributed by atoms with Crippen molar-refractivity contribution in [2.45, 2.75) is 36.5 Å². The summed E-state index contributed by atoms with van der Waals surface area (Å²) < 4.78 is 40.8. The van der Waals surface area contributed by atoms with Gasteiger partial charge >= 0.3 is 0 Å². The molecule has 3 aliphatic rings. The van der Waals surface area contributed by atoms with Crippen molar-refractivity contribution in [3.63, 3.8) is 0 Å². The molecule has 0 radical (unpaired) electrons. The normalized spacial score (nSPS) is 26.2. The summed E-state index contributed by atoms with van der Waals surface area (Å²) in [5, 5.41) is 2.44. The van der Waals surface area contributed by atoms with Crippen LogP contribution in [0.3, 0.4) is 0 Å². The molecule has 1 aromatic heterocycles. The third-order valence-electron chi connectivity index (χ3n) is 5.95. The topological polar surface area (TPSA) is 75.2 Å². The van der Waals surface area contributed by atoms with Crippen molar-refractivity contribution in [3.8, 4) is 0 Å². The zero-order valence-electron chi connectivity index (χ0n) is 15.3. The van der Waals surface area contributed by atoms with Crippen LogP contribution in [0.2, 0.25) is 0 Å². The number of rotatable bonds is 4. The van der Waals surface area contributed by atoms with Crippen LogP contribution in [0.15, 0.2) is 30.6 Å². The summed E-state index contributed by atoms with van der Waals surface area (Å²) in [6.07, 6.45) is 1.85. The lowest BCUT2D eigenvalue weighted by atomic mass is 9.84. The molecule has 2 fully saturated rings. The van der Waals surface area contributed by atoms with E-state index in [1.54, 1.807) is 6.07 Å². The number of aromatic nitrogens is 2. The predicted octanol–water partition coefficient (Wildman–Crippen LogP) is 2.65. The molecule has 9 heteroatoms. The number of hydrogen-bond donors (Lipinski definition) is 1. The Kier molecular flexibility index (Phi) is 3.75. The summed E-state index contributed by atoms with van der Waals surface area (Å²) in [4.78, 5) is 34.0. The Balaban J connectivity index is 1.36. The van der Waals surface area contributed by atoms with Gasteiger partial charge in [0.05, 0.1) is 12.4 Å². The predicted molar refractivity (Wildman–Crippen MR) is 96.2 cm³/mol. The van der Waals surface area contributed by atoms with Crippen molar-refractivity contribution < 1.29 is 22.8 Å². The van der Waals surface area contributed by atoms with Gasteiger partial charge in [-0.2, -0.15) is 0 Å². The first kappa shape index (κ1) is 18.1. The average Bonchev–Trinajstić information content (AvgIpc) is 3.60. The lowest BCUT2D eigenvalue weighted by Crippen LogP contribution is -2.47. The Bertz CT molecular complexity index is 1020. The lowest BCUT2D eigenvalue weighted by molar-refractivity contribution is -0.117. The van der Waals surface area contributed by atoms with Crippen molar-refractivity contribution in [3.05, 3.63) is 53.1 Å². The summed E-state index contributed by atoms with van der Waals surface area (Å²) in [5.41, 5.74) is -0.816. The molecule has 5 rings (SSSR count). The van der Waals surface area contributed by atoms with Gasteiger partial charge in [-0.1, -0.05) is 12.1 Å². The molecule has 2 aromatic rings. The average molecular weight is 402 g/mol. The molecule has 0 saturated heterocycles. The first-order chi connectivity index (χ1) is 13.8. The van der Waals surface area contributed by atoms with Gasteiger partial charge in [0.15, 0.2) is 11.5 Å². The summed E-state index contributed by atoms with van der Waals surface area (Å²) >= 11 is 0. The highest BCUT2D eigenvalue weighted by molar-refractivity contribution is 6.01. The summed E-state index contributed by atoms with van der Waals surface area (Å²) in [7, 11) is 0. The van der Waals surface area contributed by atoms with Crippen LogP contribution in [0.25, 0.3) is 0 Å². The molecule has 150 valence electrons. The highest BCUT2D eigenvalue weighted by atomic mass is 19.2. The quantitative estimate of drug-likeness (QED) is 0.853. The van der Waals surface area contributed by atoms with E-state index in [0.29, 0.717) is 12.1 Å². The second kappa shape index (κ2) is 6.01. The zero-order valence-corrected chi connectivity index (χ0v) is 15.3. The van der Waals surface area contributed by atoms with Crippen LogP contribution >= 0.6 is 0 Å². The zero-order chi connectivity index (χ0) is 20.4. The van der Waals surface area contributed by atoms with Crippen molar-refractivity contribution in [2.75, 3.05) is 18.4 Å². The Labute approximate surface area is 164 Å². The fourth-order valence-electron chi connectivity index (χ4n) is 4.04. The fourth-order valence-corrected chi connectivity index (χ4v) is 4.04. The monoisotopic (exact) mass is 402 g/mol. The molecule has 1 spiro atoms. The van der Waals surface area contributed by atoms with Gasteiger partial charge in [-0.3, -0.25) is 14.9 Å². The highest BCUT2D eigenvalue weighted by Crippen LogP contribution is 2.56. The SMILES string of the molecule is O=C(CN1CC2(CC2)c2cc([C@]3(F)C[C@@H]3F)ccc2C1=O)Nc1ncc(F)cn1. The van der Waals surface area contributed by atoms with Gasteiger partial charge in [0.25, 0.3) is 5.91 Å². The Hall–Kier alpha value is -2.97. The molecule has 2 aliphatic carbocycles. The van der Waals surface area contributed by atoms with E-state index >= 15 is 0 Å². The molecule has 0 unspecified atom stereocenters. The molecule has 2 saturated carbocycles. The van der Waals surface area contributed by atoms with Crippen molar-refractivity contribution in [2.24, 2.45) is 0 Å². The second-order valence-electron chi connectivity index (χ2n) is 8.01. The van der Waals surface area contributed by atoms with E-state index in [1.165, 1.54) is 17.0 Å². The molecular weight excluding hydrogens is 385 g/mol. The number of anilines is 1. The largest absolute Gasteiger partial charge is 0.328 e. The van der Waals surface area contributed by atoms with E-state index in [-0.39, 0.29) is 35.8 Å². The molecule has 2 heterocycles. The minimum Gasteiger partial charge on any atom is -0.328 e. The number of benzene rings is 1. The Morgan fingerprint density at radius 2 is 1.97 bits per heavy atom. The Morgan fingerprint density at radius 3 is 2.59 bits per heavy atom. The van der Waals surface area contributed by atoms with Crippen LogP contribution in [0.4, 0.5) is 19.1 Å².